The highest BCUT2D eigenvalue weighted by Crippen LogP contribution is 2.27. The number of aryl methyl sites for hydroxylation is 1. The van der Waals surface area contributed by atoms with E-state index in [-0.39, 0.29) is 18.0 Å². The maximum Gasteiger partial charge on any atom is 0.240 e. The zero-order valence-electron chi connectivity index (χ0n) is 17.9. The molecule has 2 saturated heterocycles. The van der Waals surface area contributed by atoms with Crippen LogP contribution in [0.1, 0.15) is 5.56 Å². The van der Waals surface area contributed by atoms with Gasteiger partial charge in [-0.05, 0) is 25.1 Å². The van der Waals surface area contributed by atoms with Gasteiger partial charge in [0.2, 0.25) is 16.0 Å². The highest BCUT2D eigenvalue weighted by Gasteiger charge is 2.47. The van der Waals surface area contributed by atoms with E-state index in [4.69, 9.17) is 4.74 Å². The first kappa shape index (κ1) is 23.0. The number of piperazine rings is 1. The highest BCUT2D eigenvalue weighted by molar-refractivity contribution is 7.89. The maximum absolute atomic E-state index is 12.7. The van der Waals surface area contributed by atoms with Crippen LogP contribution in [-0.4, -0.2) is 97.2 Å². The second kappa shape index (κ2) is 9.77. The van der Waals surface area contributed by atoms with Crippen molar-refractivity contribution in [1.82, 2.24) is 19.6 Å². The van der Waals surface area contributed by atoms with Gasteiger partial charge in [-0.1, -0.05) is 17.7 Å². The van der Waals surface area contributed by atoms with Crippen molar-refractivity contribution in [1.29, 1.82) is 0 Å². The summed E-state index contributed by atoms with van der Waals surface area (Å²) in [6.07, 6.45) is 1.12. The summed E-state index contributed by atoms with van der Waals surface area (Å²) in [6.45, 7) is 4.14. The standard InChI is InChI=1S/C21H29N5O5S/c1-15-3-5-16(6-4-15)32(29,30)24-13-17-19(20(28)18(14-27)31-17)25-9-11-26(12-10-25)21-22-7-2-8-23-21/h2-8,17-20,24,27-28H,9-14H2,1H3. The summed E-state index contributed by atoms with van der Waals surface area (Å²) >= 11 is 0. The SMILES string of the molecule is Cc1ccc(S(=O)(=O)NCC2OC(CO)C(O)C2N2CCN(c3ncccn3)CC2)cc1. The quantitative estimate of drug-likeness (QED) is 0.492. The number of hydrogen-bond donors (Lipinski definition) is 3. The summed E-state index contributed by atoms with van der Waals surface area (Å²) < 4.78 is 33.9. The number of hydrogen-bond acceptors (Lipinski definition) is 9. The number of anilines is 1. The lowest BCUT2D eigenvalue weighted by atomic mass is 10.0. The molecule has 0 radical (unpaired) electrons. The molecule has 2 aliphatic heterocycles. The molecule has 2 aliphatic rings. The molecular weight excluding hydrogens is 434 g/mol. The Bertz CT molecular complexity index is 983. The molecule has 4 atom stereocenters. The molecule has 3 heterocycles. The monoisotopic (exact) mass is 463 g/mol. The van der Waals surface area contributed by atoms with E-state index in [9.17, 15) is 18.6 Å². The van der Waals surface area contributed by atoms with Crippen molar-refractivity contribution in [2.45, 2.75) is 36.2 Å². The van der Waals surface area contributed by atoms with Crippen LogP contribution in [0.4, 0.5) is 5.95 Å². The van der Waals surface area contributed by atoms with Crippen molar-refractivity contribution in [3.8, 4) is 0 Å². The van der Waals surface area contributed by atoms with Crippen LogP contribution in [0.15, 0.2) is 47.6 Å². The van der Waals surface area contributed by atoms with E-state index in [2.05, 4.69) is 24.5 Å². The average Bonchev–Trinajstić information content (AvgIpc) is 3.14. The van der Waals surface area contributed by atoms with Crippen LogP contribution in [0.5, 0.6) is 0 Å². The van der Waals surface area contributed by atoms with E-state index >= 15 is 0 Å². The van der Waals surface area contributed by atoms with E-state index in [1.165, 1.54) is 0 Å². The van der Waals surface area contributed by atoms with Crippen molar-refractivity contribution in [2.24, 2.45) is 0 Å². The smallest absolute Gasteiger partial charge is 0.240 e. The van der Waals surface area contributed by atoms with Crippen LogP contribution in [0.2, 0.25) is 0 Å². The van der Waals surface area contributed by atoms with Crippen LogP contribution in [0.25, 0.3) is 0 Å². The lowest BCUT2D eigenvalue weighted by molar-refractivity contribution is -0.0201. The molecule has 0 aliphatic carbocycles. The number of sulfonamides is 1. The van der Waals surface area contributed by atoms with Crippen molar-refractivity contribution in [3.05, 3.63) is 48.3 Å². The van der Waals surface area contributed by atoms with Crippen LogP contribution in [0, 0.1) is 6.92 Å². The molecule has 10 nitrogen and oxygen atoms in total. The Kier molecular flexibility index (Phi) is 7.03. The first-order valence-corrected chi connectivity index (χ1v) is 12.1. The van der Waals surface area contributed by atoms with Gasteiger partial charge in [0.1, 0.15) is 12.2 Å². The third-order valence-electron chi connectivity index (χ3n) is 6.02. The summed E-state index contributed by atoms with van der Waals surface area (Å²) in [5.41, 5.74) is 0.970. The van der Waals surface area contributed by atoms with Gasteiger partial charge in [-0.15, -0.1) is 0 Å². The van der Waals surface area contributed by atoms with Crippen molar-refractivity contribution >= 4 is 16.0 Å². The number of rotatable bonds is 7. The fourth-order valence-corrected chi connectivity index (χ4v) is 5.31. The molecule has 2 fully saturated rings. The second-order valence-corrected chi connectivity index (χ2v) is 9.88. The molecule has 0 amide bonds. The molecule has 0 saturated carbocycles. The van der Waals surface area contributed by atoms with E-state index in [0.29, 0.717) is 32.1 Å². The number of nitrogens with one attached hydrogen (secondary N) is 1. The first-order valence-electron chi connectivity index (χ1n) is 10.7. The Balaban J connectivity index is 1.42. The van der Waals surface area contributed by atoms with Gasteiger partial charge in [-0.25, -0.2) is 23.1 Å². The molecule has 2 aromatic rings. The molecule has 3 N–H and O–H groups in total. The fourth-order valence-electron chi connectivity index (χ4n) is 4.26. The number of aliphatic hydroxyl groups excluding tert-OH is 2. The first-order chi connectivity index (χ1) is 15.4. The lowest BCUT2D eigenvalue weighted by Crippen LogP contribution is -2.57. The summed E-state index contributed by atoms with van der Waals surface area (Å²) in [6, 6.07) is 7.92. The van der Waals surface area contributed by atoms with E-state index < -0.39 is 34.4 Å². The molecule has 32 heavy (non-hydrogen) atoms. The van der Waals surface area contributed by atoms with Gasteiger partial charge >= 0.3 is 0 Å². The van der Waals surface area contributed by atoms with E-state index in [0.717, 1.165) is 5.56 Å². The Hall–Kier alpha value is -2.15. The number of aromatic nitrogens is 2. The van der Waals surface area contributed by atoms with Gasteiger partial charge in [0.25, 0.3) is 0 Å². The molecule has 1 aromatic heterocycles. The second-order valence-electron chi connectivity index (χ2n) is 8.11. The molecular formula is C21H29N5O5S. The van der Waals surface area contributed by atoms with Crippen LogP contribution < -0.4 is 9.62 Å². The van der Waals surface area contributed by atoms with Gasteiger partial charge in [-0.2, -0.15) is 0 Å². The normalized spacial score (nSPS) is 27.0. The minimum Gasteiger partial charge on any atom is -0.394 e. The summed E-state index contributed by atoms with van der Waals surface area (Å²) in [7, 11) is -3.72. The predicted octanol–water partition coefficient (Wildman–Crippen LogP) is -0.625. The minimum absolute atomic E-state index is 0.00352. The van der Waals surface area contributed by atoms with E-state index in [1.807, 2.05) is 6.92 Å². The third-order valence-corrected chi connectivity index (χ3v) is 7.46. The van der Waals surface area contributed by atoms with Crippen LogP contribution in [-0.2, 0) is 14.8 Å². The predicted molar refractivity (Wildman–Crippen MR) is 118 cm³/mol. The Morgan fingerprint density at radius 2 is 1.75 bits per heavy atom. The molecule has 4 unspecified atom stereocenters. The van der Waals surface area contributed by atoms with E-state index in [1.54, 1.807) is 42.7 Å². The Morgan fingerprint density at radius 1 is 1.09 bits per heavy atom. The largest absolute Gasteiger partial charge is 0.394 e. The maximum atomic E-state index is 12.7. The highest BCUT2D eigenvalue weighted by atomic mass is 32.2. The topological polar surface area (TPSA) is 128 Å². The zero-order chi connectivity index (χ0) is 22.7. The summed E-state index contributed by atoms with van der Waals surface area (Å²) in [5, 5.41) is 20.4. The van der Waals surface area contributed by atoms with Gasteiger partial charge < -0.3 is 19.8 Å². The van der Waals surface area contributed by atoms with Crippen LogP contribution >= 0.6 is 0 Å². The minimum atomic E-state index is -3.72. The molecule has 0 bridgehead atoms. The number of aliphatic hydroxyl groups is 2. The van der Waals surface area contributed by atoms with Gasteiger partial charge in [0.15, 0.2) is 0 Å². The molecule has 4 rings (SSSR count). The average molecular weight is 464 g/mol. The summed E-state index contributed by atoms with van der Waals surface area (Å²) in [5.74, 6) is 0.658. The summed E-state index contributed by atoms with van der Waals surface area (Å²) in [4.78, 5) is 12.9. The fraction of sp³-hybridized carbons (Fsp3) is 0.524. The van der Waals surface area contributed by atoms with Gasteiger partial charge in [0, 0.05) is 45.1 Å². The number of ether oxygens (including phenoxy) is 1. The molecule has 174 valence electrons. The third kappa shape index (κ3) is 4.92. The van der Waals surface area contributed by atoms with Gasteiger partial charge in [0.05, 0.1) is 23.6 Å². The number of benzene rings is 1. The Labute approximate surface area is 187 Å². The zero-order valence-corrected chi connectivity index (χ0v) is 18.7. The Morgan fingerprint density at radius 3 is 2.38 bits per heavy atom. The molecule has 11 heteroatoms. The van der Waals surface area contributed by atoms with Crippen LogP contribution in [0.3, 0.4) is 0 Å². The lowest BCUT2D eigenvalue weighted by Gasteiger charge is -2.40. The molecule has 1 aromatic carbocycles. The molecule has 0 spiro atoms. The van der Waals surface area contributed by atoms with Crippen molar-refractivity contribution in [2.75, 3.05) is 44.2 Å². The van der Waals surface area contributed by atoms with Gasteiger partial charge in [-0.3, -0.25) is 4.90 Å². The van der Waals surface area contributed by atoms with Crippen molar-refractivity contribution < 1.29 is 23.4 Å². The van der Waals surface area contributed by atoms with Crippen molar-refractivity contribution in [3.63, 3.8) is 0 Å². The number of nitrogens with zero attached hydrogens (tertiary/aromatic N) is 4.